The van der Waals surface area contributed by atoms with E-state index in [2.05, 4.69) is 22.2 Å². The molecule has 1 aliphatic rings. The lowest BCUT2D eigenvalue weighted by molar-refractivity contribution is 0.284. The summed E-state index contributed by atoms with van der Waals surface area (Å²) in [5.41, 5.74) is 0. The van der Waals surface area contributed by atoms with Crippen LogP contribution >= 0.6 is 0 Å². The topological polar surface area (TPSA) is 37.8 Å². The van der Waals surface area contributed by atoms with Crippen molar-refractivity contribution in [3.8, 4) is 0 Å². The van der Waals surface area contributed by atoms with E-state index in [4.69, 9.17) is 0 Å². The van der Waals surface area contributed by atoms with Gasteiger partial charge in [-0.15, -0.1) is 0 Å². The predicted molar refractivity (Wildman–Crippen MR) is 52.4 cm³/mol. The summed E-state index contributed by atoms with van der Waals surface area (Å²) in [5, 5.41) is 3.18. The van der Waals surface area contributed by atoms with Crippen LogP contribution in [-0.4, -0.2) is 16.0 Å². The largest absolute Gasteiger partial charge is 0.351 e. The molecule has 0 amide bonds. The van der Waals surface area contributed by atoms with Crippen molar-refractivity contribution in [1.82, 2.24) is 9.97 Å². The van der Waals surface area contributed by atoms with Gasteiger partial charge in [0, 0.05) is 6.04 Å². The molecule has 3 nitrogen and oxygen atoms in total. The lowest BCUT2D eigenvalue weighted by Gasteiger charge is -2.31. The van der Waals surface area contributed by atoms with Crippen molar-refractivity contribution in [2.24, 2.45) is 5.92 Å². The summed E-state index contributed by atoms with van der Waals surface area (Å²) in [4.78, 5) is 7.72. The molecule has 4 heteroatoms. The summed E-state index contributed by atoms with van der Waals surface area (Å²) in [6.07, 6.45) is 6.23. The maximum Gasteiger partial charge on any atom is 0.222 e. The molecule has 1 aromatic rings. The second-order valence-corrected chi connectivity index (χ2v) is 3.85. The van der Waals surface area contributed by atoms with Crippen molar-refractivity contribution in [3.63, 3.8) is 0 Å². The zero-order valence-electron chi connectivity index (χ0n) is 8.20. The zero-order chi connectivity index (χ0) is 9.97. The Balaban J connectivity index is 1.92. The van der Waals surface area contributed by atoms with Crippen molar-refractivity contribution in [2.75, 3.05) is 5.32 Å². The van der Waals surface area contributed by atoms with E-state index in [9.17, 15) is 4.39 Å². The van der Waals surface area contributed by atoms with Gasteiger partial charge >= 0.3 is 0 Å². The number of hydrogen-bond donors (Lipinski definition) is 1. The van der Waals surface area contributed by atoms with E-state index >= 15 is 0 Å². The summed E-state index contributed by atoms with van der Waals surface area (Å²) in [5.74, 6) is 0.848. The first-order chi connectivity index (χ1) is 6.75. The van der Waals surface area contributed by atoms with Crippen LogP contribution in [0.5, 0.6) is 0 Å². The molecule has 14 heavy (non-hydrogen) atoms. The molecule has 1 aromatic heterocycles. The van der Waals surface area contributed by atoms with Crippen LogP contribution in [0.2, 0.25) is 0 Å². The van der Waals surface area contributed by atoms with Crippen LogP contribution in [0.15, 0.2) is 12.4 Å². The summed E-state index contributed by atoms with van der Waals surface area (Å²) < 4.78 is 12.5. The van der Waals surface area contributed by atoms with Gasteiger partial charge in [-0.3, -0.25) is 0 Å². The van der Waals surface area contributed by atoms with E-state index in [0.29, 0.717) is 12.0 Å². The fraction of sp³-hybridized carbons (Fsp3) is 0.600. The van der Waals surface area contributed by atoms with Gasteiger partial charge in [0.25, 0.3) is 0 Å². The highest BCUT2D eigenvalue weighted by atomic mass is 19.1. The van der Waals surface area contributed by atoms with E-state index < -0.39 is 5.82 Å². The number of rotatable bonds is 3. The Hall–Kier alpha value is -1.19. The minimum absolute atomic E-state index is 0.384. The molecule has 1 unspecified atom stereocenters. The number of aromatic nitrogens is 2. The molecule has 0 aliphatic heterocycles. The van der Waals surface area contributed by atoms with Crippen LogP contribution < -0.4 is 5.32 Å². The van der Waals surface area contributed by atoms with Gasteiger partial charge in [-0.2, -0.15) is 0 Å². The van der Waals surface area contributed by atoms with Crippen molar-refractivity contribution >= 4 is 5.95 Å². The number of anilines is 1. The SMILES string of the molecule is CC(Nc1ncc(F)cn1)C1CCC1. The molecule has 0 aromatic carbocycles. The van der Waals surface area contributed by atoms with Crippen LogP contribution in [0.1, 0.15) is 26.2 Å². The van der Waals surface area contributed by atoms with Crippen LogP contribution in [0.3, 0.4) is 0 Å². The first kappa shape index (κ1) is 9.37. The fourth-order valence-corrected chi connectivity index (χ4v) is 1.65. The number of halogens is 1. The van der Waals surface area contributed by atoms with Crippen LogP contribution in [-0.2, 0) is 0 Å². The third-order valence-corrected chi connectivity index (χ3v) is 2.83. The Morgan fingerprint density at radius 2 is 2.07 bits per heavy atom. The van der Waals surface area contributed by atoms with Gasteiger partial charge in [0.05, 0.1) is 12.4 Å². The third-order valence-electron chi connectivity index (χ3n) is 2.83. The molecule has 0 saturated heterocycles. The first-order valence-electron chi connectivity index (χ1n) is 5.00. The monoisotopic (exact) mass is 195 g/mol. The first-order valence-corrected chi connectivity index (χ1v) is 5.00. The zero-order valence-corrected chi connectivity index (χ0v) is 8.20. The van der Waals surface area contributed by atoms with E-state index in [1.165, 1.54) is 31.7 Å². The molecule has 0 spiro atoms. The van der Waals surface area contributed by atoms with Crippen LogP contribution in [0.25, 0.3) is 0 Å². The van der Waals surface area contributed by atoms with Crippen LogP contribution in [0.4, 0.5) is 10.3 Å². The minimum atomic E-state index is -0.396. The predicted octanol–water partition coefficient (Wildman–Crippen LogP) is 2.22. The van der Waals surface area contributed by atoms with Gasteiger partial charge in [0.2, 0.25) is 5.95 Å². The van der Waals surface area contributed by atoms with Gasteiger partial charge in [-0.25, -0.2) is 14.4 Å². The summed E-state index contributed by atoms with van der Waals surface area (Å²) in [6, 6.07) is 0.384. The lowest BCUT2D eigenvalue weighted by atomic mass is 9.80. The van der Waals surface area contributed by atoms with Crippen LogP contribution in [0, 0.1) is 11.7 Å². The Bertz CT molecular complexity index is 295. The molecule has 0 radical (unpaired) electrons. The number of nitrogens with one attached hydrogen (secondary N) is 1. The second-order valence-electron chi connectivity index (χ2n) is 3.85. The summed E-state index contributed by atoms with van der Waals surface area (Å²) in [7, 11) is 0. The molecular weight excluding hydrogens is 181 g/mol. The molecule has 1 N–H and O–H groups in total. The molecule has 0 bridgehead atoms. The Morgan fingerprint density at radius 3 is 2.57 bits per heavy atom. The van der Waals surface area contributed by atoms with E-state index in [1.54, 1.807) is 0 Å². The van der Waals surface area contributed by atoms with Gasteiger partial charge in [-0.05, 0) is 25.7 Å². The molecule has 76 valence electrons. The number of nitrogens with zero attached hydrogens (tertiary/aromatic N) is 2. The molecule has 1 aliphatic carbocycles. The second kappa shape index (κ2) is 3.90. The Morgan fingerprint density at radius 1 is 1.43 bits per heavy atom. The smallest absolute Gasteiger partial charge is 0.222 e. The standard InChI is InChI=1S/C10H14FN3/c1-7(8-3-2-4-8)14-10-12-5-9(11)6-13-10/h5-8H,2-4H2,1H3,(H,12,13,14). The quantitative estimate of drug-likeness (QED) is 0.803. The van der Waals surface area contributed by atoms with Crippen molar-refractivity contribution in [3.05, 3.63) is 18.2 Å². The molecule has 1 heterocycles. The van der Waals surface area contributed by atoms with Crippen molar-refractivity contribution in [2.45, 2.75) is 32.2 Å². The summed E-state index contributed by atoms with van der Waals surface area (Å²) in [6.45, 7) is 2.12. The third kappa shape index (κ3) is 2.00. The average Bonchev–Trinajstić information content (AvgIpc) is 2.06. The van der Waals surface area contributed by atoms with E-state index in [-0.39, 0.29) is 0 Å². The van der Waals surface area contributed by atoms with Crippen molar-refractivity contribution < 1.29 is 4.39 Å². The fourth-order valence-electron chi connectivity index (χ4n) is 1.65. The number of hydrogen-bond acceptors (Lipinski definition) is 3. The Kier molecular flexibility index (Phi) is 2.61. The average molecular weight is 195 g/mol. The van der Waals surface area contributed by atoms with Crippen molar-refractivity contribution in [1.29, 1.82) is 0 Å². The van der Waals surface area contributed by atoms with Gasteiger partial charge in [0.15, 0.2) is 5.82 Å². The maximum absolute atomic E-state index is 12.5. The summed E-state index contributed by atoms with van der Waals surface area (Å²) >= 11 is 0. The maximum atomic E-state index is 12.5. The van der Waals surface area contributed by atoms with Gasteiger partial charge in [-0.1, -0.05) is 6.42 Å². The molecular formula is C10H14FN3. The molecule has 1 atom stereocenters. The molecule has 1 saturated carbocycles. The molecule has 1 fully saturated rings. The molecule has 2 rings (SSSR count). The van der Waals surface area contributed by atoms with Gasteiger partial charge in [0.1, 0.15) is 0 Å². The lowest BCUT2D eigenvalue weighted by Crippen LogP contribution is -2.31. The highest BCUT2D eigenvalue weighted by Gasteiger charge is 2.24. The minimum Gasteiger partial charge on any atom is -0.351 e. The van der Waals surface area contributed by atoms with Gasteiger partial charge < -0.3 is 5.32 Å². The van der Waals surface area contributed by atoms with E-state index in [0.717, 1.165) is 5.92 Å². The highest BCUT2D eigenvalue weighted by Crippen LogP contribution is 2.30. The Labute approximate surface area is 82.8 Å². The van der Waals surface area contributed by atoms with E-state index in [1.807, 2.05) is 0 Å². The normalized spacial score (nSPS) is 18.7. The highest BCUT2D eigenvalue weighted by molar-refractivity contribution is 5.24.